The fraction of sp³-hybridized carbons (Fsp3) is 0.778. The number of aliphatic hydroxyl groups excluding tert-OH is 1. The molecular formula is C27H47N3O4. The van der Waals surface area contributed by atoms with E-state index >= 15 is 0 Å². The van der Waals surface area contributed by atoms with Gasteiger partial charge in [0.15, 0.2) is 5.69 Å². The monoisotopic (exact) mass is 477 g/mol. The number of nitrogens with one attached hydrogen (secondary N) is 1. The Kier molecular flexibility index (Phi) is 12.1. The Morgan fingerprint density at radius 3 is 2.26 bits per heavy atom. The number of aliphatic hydroxyl groups is 1. The van der Waals surface area contributed by atoms with Crippen LogP contribution in [0.25, 0.3) is 0 Å². The standard InChI is InChI=1S/C14H31NO.C13H16N2O3/c1-4-5-6-7-8-9-10-11-12-15-14(2,3)13-16;14-10-5-9(8-3-4-8)12(15-11(10)13(16)17)18-6-7-1-2-7/h15-16H,4-13H2,1-3H3;5,7-8H,1-4,6,14H2,(H,16,17). The second kappa shape index (κ2) is 14.5. The number of rotatable bonds is 16. The first kappa shape index (κ1) is 28.4. The molecule has 0 spiro atoms. The molecule has 7 nitrogen and oxygen atoms in total. The van der Waals surface area contributed by atoms with E-state index in [0.717, 1.165) is 24.9 Å². The molecule has 2 aliphatic carbocycles. The predicted octanol–water partition coefficient (Wildman–Crippen LogP) is 5.52. The van der Waals surface area contributed by atoms with E-state index < -0.39 is 5.97 Å². The molecule has 0 amide bonds. The van der Waals surface area contributed by atoms with Crippen LogP contribution in [-0.2, 0) is 0 Å². The summed E-state index contributed by atoms with van der Waals surface area (Å²) in [6, 6.07) is 1.72. The zero-order valence-electron chi connectivity index (χ0n) is 21.6. The quantitative estimate of drug-likeness (QED) is 0.232. The van der Waals surface area contributed by atoms with Crippen molar-refractivity contribution in [3.8, 4) is 5.88 Å². The number of hydrogen-bond donors (Lipinski definition) is 4. The Balaban J connectivity index is 0.000000243. The summed E-state index contributed by atoms with van der Waals surface area (Å²) in [6.45, 7) is 8.21. The van der Waals surface area contributed by atoms with Gasteiger partial charge in [0.25, 0.3) is 0 Å². The maximum absolute atomic E-state index is 11.0. The van der Waals surface area contributed by atoms with Crippen molar-refractivity contribution in [1.29, 1.82) is 0 Å². The summed E-state index contributed by atoms with van der Waals surface area (Å²) in [5, 5.41) is 21.5. The first-order valence-corrected chi connectivity index (χ1v) is 13.3. The van der Waals surface area contributed by atoms with Crippen molar-refractivity contribution in [3.05, 3.63) is 17.3 Å². The third-order valence-electron chi connectivity index (χ3n) is 6.45. The first-order chi connectivity index (χ1) is 16.3. The van der Waals surface area contributed by atoms with Crippen molar-refractivity contribution in [2.45, 2.75) is 109 Å². The largest absolute Gasteiger partial charge is 0.477 e. The summed E-state index contributed by atoms with van der Waals surface area (Å²) in [6.07, 6.45) is 15.5. The molecule has 7 heteroatoms. The van der Waals surface area contributed by atoms with E-state index in [2.05, 4.69) is 17.2 Å². The van der Waals surface area contributed by atoms with Crippen molar-refractivity contribution < 1.29 is 19.7 Å². The van der Waals surface area contributed by atoms with Crippen LogP contribution in [0.3, 0.4) is 0 Å². The van der Waals surface area contributed by atoms with Gasteiger partial charge in [-0.2, -0.15) is 0 Å². The van der Waals surface area contributed by atoms with Crippen LogP contribution >= 0.6 is 0 Å². The summed E-state index contributed by atoms with van der Waals surface area (Å²) in [5.41, 5.74) is 6.71. The molecule has 3 rings (SSSR count). The molecule has 0 atom stereocenters. The van der Waals surface area contributed by atoms with Gasteiger partial charge in [0.2, 0.25) is 5.88 Å². The van der Waals surface area contributed by atoms with E-state index in [1.165, 1.54) is 64.2 Å². The molecule has 0 aromatic carbocycles. The van der Waals surface area contributed by atoms with E-state index in [9.17, 15) is 4.79 Å². The van der Waals surface area contributed by atoms with Crippen LogP contribution in [0.4, 0.5) is 5.69 Å². The molecule has 2 saturated carbocycles. The summed E-state index contributed by atoms with van der Waals surface area (Å²) in [7, 11) is 0. The van der Waals surface area contributed by atoms with E-state index in [1.54, 1.807) is 6.07 Å². The molecule has 194 valence electrons. The lowest BCUT2D eigenvalue weighted by molar-refractivity contribution is 0.0690. The van der Waals surface area contributed by atoms with Crippen molar-refractivity contribution in [3.63, 3.8) is 0 Å². The van der Waals surface area contributed by atoms with Gasteiger partial charge in [-0.25, -0.2) is 9.78 Å². The summed E-state index contributed by atoms with van der Waals surface area (Å²) >= 11 is 0. The average Bonchev–Trinajstić information content (AvgIpc) is 3.71. The molecule has 1 aromatic heterocycles. The van der Waals surface area contributed by atoms with Gasteiger partial charge < -0.3 is 26.0 Å². The van der Waals surface area contributed by atoms with Gasteiger partial charge in [-0.15, -0.1) is 0 Å². The maximum Gasteiger partial charge on any atom is 0.356 e. The third-order valence-corrected chi connectivity index (χ3v) is 6.45. The SMILES string of the molecule is CCCCCCCCCCNC(C)(C)CO.Nc1cc(C2CC2)c(OCC2CC2)nc1C(=O)O. The number of ether oxygens (including phenoxy) is 1. The molecule has 1 aromatic rings. The smallest absolute Gasteiger partial charge is 0.356 e. The second-order valence-electron chi connectivity index (χ2n) is 10.6. The van der Waals surface area contributed by atoms with Crippen LogP contribution in [0.5, 0.6) is 5.88 Å². The average molecular weight is 478 g/mol. The molecule has 34 heavy (non-hydrogen) atoms. The van der Waals surface area contributed by atoms with Gasteiger partial charge in [0.05, 0.1) is 18.9 Å². The van der Waals surface area contributed by atoms with E-state index in [4.69, 9.17) is 20.7 Å². The van der Waals surface area contributed by atoms with Crippen molar-refractivity contribution in [1.82, 2.24) is 10.3 Å². The number of aromatic carboxylic acids is 1. The number of carboxylic acid groups (broad SMARTS) is 1. The zero-order valence-corrected chi connectivity index (χ0v) is 21.6. The summed E-state index contributed by atoms with van der Waals surface area (Å²) < 4.78 is 5.68. The van der Waals surface area contributed by atoms with Gasteiger partial charge in [-0.1, -0.05) is 51.9 Å². The van der Waals surface area contributed by atoms with Crippen molar-refractivity contribution in [2.24, 2.45) is 5.92 Å². The number of nitrogens with two attached hydrogens (primary N) is 1. The molecule has 0 bridgehead atoms. The Morgan fingerprint density at radius 1 is 1.12 bits per heavy atom. The van der Waals surface area contributed by atoms with E-state index in [-0.39, 0.29) is 23.5 Å². The summed E-state index contributed by atoms with van der Waals surface area (Å²) in [5.74, 6) is 0.420. The van der Waals surface area contributed by atoms with Crippen LogP contribution in [0.15, 0.2) is 6.07 Å². The molecule has 0 aliphatic heterocycles. The van der Waals surface area contributed by atoms with Gasteiger partial charge in [0.1, 0.15) is 0 Å². The number of unbranched alkanes of at least 4 members (excludes halogenated alkanes) is 7. The highest BCUT2D eigenvalue weighted by molar-refractivity contribution is 5.91. The van der Waals surface area contributed by atoms with Crippen LogP contribution in [-0.4, -0.2) is 46.5 Å². The Hall–Kier alpha value is -1.86. The molecular weight excluding hydrogens is 430 g/mol. The fourth-order valence-corrected chi connectivity index (χ4v) is 3.72. The van der Waals surface area contributed by atoms with E-state index in [0.29, 0.717) is 24.3 Å². The Bertz CT molecular complexity index is 746. The molecule has 0 unspecified atom stereocenters. The lowest BCUT2D eigenvalue weighted by Gasteiger charge is -2.23. The first-order valence-electron chi connectivity index (χ1n) is 13.3. The second-order valence-corrected chi connectivity index (χ2v) is 10.6. The highest BCUT2D eigenvalue weighted by Gasteiger charge is 2.31. The summed E-state index contributed by atoms with van der Waals surface area (Å²) in [4.78, 5) is 15.1. The van der Waals surface area contributed by atoms with E-state index in [1.807, 2.05) is 13.8 Å². The van der Waals surface area contributed by atoms with Gasteiger partial charge >= 0.3 is 5.97 Å². The molecule has 1 heterocycles. The number of pyridine rings is 1. The highest BCUT2D eigenvalue weighted by Crippen LogP contribution is 2.45. The van der Waals surface area contributed by atoms with Gasteiger partial charge in [0, 0.05) is 11.1 Å². The van der Waals surface area contributed by atoms with Gasteiger partial charge in [-0.05, 0) is 70.4 Å². The Morgan fingerprint density at radius 2 is 1.74 bits per heavy atom. The zero-order chi connectivity index (χ0) is 25.0. The number of carboxylic acids is 1. The van der Waals surface area contributed by atoms with Crippen LogP contribution in [0.2, 0.25) is 0 Å². The maximum atomic E-state index is 11.0. The van der Waals surface area contributed by atoms with Gasteiger partial charge in [-0.3, -0.25) is 0 Å². The molecule has 5 N–H and O–H groups in total. The Labute approximate surface area is 205 Å². The number of nitrogen functional groups attached to an aromatic ring is 1. The fourth-order valence-electron chi connectivity index (χ4n) is 3.72. The normalized spacial score (nSPS) is 15.5. The van der Waals surface area contributed by atoms with Crippen molar-refractivity contribution in [2.75, 3.05) is 25.5 Å². The number of carbonyl (C=O) groups is 1. The molecule has 0 radical (unpaired) electrons. The van der Waals surface area contributed by atoms with Crippen LogP contribution in [0.1, 0.15) is 120 Å². The lowest BCUT2D eigenvalue weighted by atomic mass is 10.1. The third kappa shape index (κ3) is 11.0. The molecule has 2 fully saturated rings. The van der Waals surface area contributed by atoms with Crippen molar-refractivity contribution >= 4 is 11.7 Å². The van der Waals surface area contributed by atoms with Crippen LogP contribution in [0, 0.1) is 5.92 Å². The number of hydrogen-bond acceptors (Lipinski definition) is 6. The molecule has 2 aliphatic rings. The molecule has 0 saturated heterocycles. The number of aromatic nitrogens is 1. The van der Waals surface area contributed by atoms with Crippen LogP contribution < -0.4 is 15.8 Å². The predicted molar refractivity (Wildman–Crippen MR) is 138 cm³/mol. The number of anilines is 1. The minimum Gasteiger partial charge on any atom is -0.477 e. The highest BCUT2D eigenvalue weighted by atomic mass is 16.5. The minimum absolute atomic E-state index is 0.106. The lowest BCUT2D eigenvalue weighted by Crippen LogP contribution is -2.43. The topological polar surface area (TPSA) is 118 Å². The minimum atomic E-state index is -1.11. The number of nitrogens with zero attached hydrogens (tertiary/aromatic N) is 1.